The van der Waals surface area contributed by atoms with Gasteiger partial charge in [0.2, 0.25) is 0 Å². The summed E-state index contributed by atoms with van der Waals surface area (Å²) in [7, 11) is 0. The van der Waals surface area contributed by atoms with Crippen LogP contribution in [-0.4, -0.2) is 21.9 Å². The number of para-hydroxylation sites is 2. The van der Waals surface area contributed by atoms with Crippen molar-refractivity contribution in [3.63, 3.8) is 0 Å². The van der Waals surface area contributed by atoms with Crippen molar-refractivity contribution in [2.24, 2.45) is 10.7 Å². The molecule has 0 spiro atoms. The number of halogens is 3. The van der Waals surface area contributed by atoms with Gasteiger partial charge in [-0.25, -0.2) is 9.98 Å². The number of nitrogens with one attached hydrogen (secondary N) is 1. The average molecular weight is 389 g/mol. The number of rotatable bonds is 6. The van der Waals surface area contributed by atoms with Gasteiger partial charge in [-0.05, 0) is 17.7 Å². The van der Waals surface area contributed by atoms with Crippen molar-refractivity contribution in [3.05, 3.63) is 78.4 Å². The molecule has 0 aliphatic rings. The van der Waals surface area contributed by atoms with Gasteiger partial charge in [-0.1, -0.05) is 42.5 Å². The van der Waals surface area contributed by atoms with Crippen LogP contribution in [0.25, 0.3) is 0 Å². The minimum Gasteiger partial charge on any atom is -0.404 e. The zero-order valence-electron chi connectivity index (χ0n) is 14.7. The zero-order valence-corrected chi connectivity index (χ0v) is 14.7. The van der Waals surface area contributed by atoms with E-state index in [0.29, 0.717) is 12.4 Å². The van der Waals surface area contributed by atoms with E-state index in [1.807, 2.05) is 41.1 Å². The molecule has 0 amide bonds. The summed E-state index contributed by atoms with van der Waals surface area (Å²) in [6, 6.07) is 15.4. The van der Waals surface area contributed by atoms with Crippen LogP contribution in [0, 0.1) is 0 Å². The minimum atomic E-state index is -4.80. The van der Waals surface area contributed by atoms with Crippen molar-refractivity contribution < 1.29 is 17.9 Å². The Labute approximate surface area is 159 Å². The fourth-order valence-electron chi connectivity index (χ4n) is 2.53. The molecule has 2 aromatic carbocycles. The zero-order chi connectivity index (χ0) is 20.0. The average Bonchev–Trinajstić information content (AvgIpc) is 3.08. The quantitative estimate of drug-likeness (QED) is 0.497. The van der Waals surface area contributed by atoms with Crippen molar-refractivity contribution >= 4 is 11.6 Å². The molecule has 0 fully saturated rings. The minimum absolute atomic E-state index is 0.0486. The highest BCUT2D eigenvalue weighted by Gasteiger charge is 2.32. The van der Waals surface area contributed by atoms with Crippen LogP contribution >= 0.6 is 0 Å². The predicted molar refractivity (Wildman–Crippen MR) is 99.8 cm³/mol. The first kappa shape index (κ1) is 19.3. The summed E-state index contributed by atoms with van der Waals surface area (Å²) in [5.41, 5.74) is 6.99. The van der Waals surface area contributed by atoms with E-state index >= 15 is 0 Å². The molecular weight excluding hydrogens is 371 g/mol. The van der Waals surface area contributed by atoms with E-state index in [1.54, 1.807) is 12.3 Å². The normalized spacial score (nSPS) is 12.0. The summed E-state index contributed by atoms with van der Waals surface area (Å²) in [4.78, 5) is 8.42. The smallest absolute Gasteiger partial charge is 0.404 e. The van der Waals surface area contributed by atoms with E-state index in [0.717, 1.165) is 5.56 Å². The first-order chi connectivity index (χ1) is 13.4. The largest absolute Gasteiger partial charge is 0.573 e. The standard InChI is InChI=1S/C19H18F3N5O/c20-19(21,22)28-16-9-5-4-8-15(16)26-18(23)25-12-17-24-10-11-27(17)13-14-6-2-1-3-7-14/h1-11H,12-13H2,(H3,23,25,26). The third-order valence-electron chi connectivity index (χ3n) is 3.76. The summed E-state index contributed by atoms with van der Waals surface area (Å²) >= 11 is 0. The van der Waals surface area contributed by atoms with Gasteiger partial charge in [-0.2, -0.15) is 0 Å². The first-order valence-electron chi connectivity index (χ1n) is 8.36. The molecule has 0 aliphatic heterocycles. The van der Waals surface area contributed by atoms with Crippen molar-refractivity contribution in [2.75, 3.05) is 5.32 Å². The molecule has 0 aliphatic carbocycles. The van der Waals surface area contributed by atoms with E-state index < -0.39 is 12.1 Å². The van der Waals surface area contributed by atoms with Crippen LogP contribution in [-0.2, 0) is 13.1 Å². The molecule has 0 saturated heterocycles. The first-order valence-corrected chi connectivity index (χ1v) is 8.36. The van der Waals surface area contributed by atoms with Crippen LogP contribution in [0.2, 0.25) is 0 Å². The lowest BCUT2D eigenvalue weighted by atomic mass is 10.2. The number of aliphatic imine (C=N–C) groups is 1. The van der Waals surface area contributed by atoms with Gasteiger partial charge < -0.3 is 20.4 Å². The van der Waals surface area contributed by atoms with Gasteiger partial charge in [0, 0.05) is 18.9 Å². The number of benzene rings is 2. The Bertz CT molecular complexity index is 938. The molecule has 3 N–H and O–H groups in total. The molecule has 3 aromatic rings. The highest BCUT2D eigenvalue weighted by molar-refractivity contribution is 5.93. The van der Waals surface area contributed by atoms with Crippen LogP contribution in [0.5, 0.6) is 5.75 Å². The lowest BCUT2D eigenvalue weighted by Crippen LogP contribution is -2.24. The molecule has 1 heterocycles. The van der Waals surface area contributed by atoms with E-state index in [4.69, 9.17) is 5.73 Å². The molecule has 3 rings (SSSR count). The van der Waals surface area contributed by atoms with E-state index in [2.05, 4.69) is 20.0 Å². The lowest BCUT2D eigenvalue weighted by Gasteiger charge is -2.14. The Morgan fingerprint density at radius 3 is 2.57 bits per heavy atom. The third-order valence-corrected chi connectivity index (χ3v) is 3.76. The number of alkyl halides is 3. The highest BCUT2D eigenvalue weighted by Crippen LogP contribution is 2.29. The van der Waals surface area contributed by atoms with E-state index in [9.17, 15) is 13.2 Å². The highest BCUT2D eigenvalue weighted by atomic mass is 19.4. The molecule has 0 radical (unpaired) electrons. The van der Waals surface area contributed by atoms with Gasteiger partial charge >= 0.3 is 6.36 Å². The maximum absolute atomic E-state index is 12.5. The Kier molecular flexibility index (Phi) is 5.83. The molecule has 146 valence electrons. The number of hydrogen-bond donors (Lipinski definition) is 2. The molecule has 9 heteroatoms. The SMILES string of the molecule is NC(=NCc1nccn1Cc1ccccc1)Nc1ccccc1OC(F)(F)F. The van der Waals surface area contributed by atoms with E-state index in [1.165, 1.54) is 18.2 Å². The Hall–Kier alpha value is -3.49. The monoisotopic (exact) mass is 389 g/mol. The maximum atomic E-state index is 12.5. The fourth-order valence-corrected chi connectivity index (χ4v) is 2.53. The molecule has 0 bridgehead atoms. The molecule has 0 atom stereocenters. The number of nitrogens with zero attached hydrogens (tertiary/aromatic N) is 3. The van der Waals surface area contributed by atoms with E-state index in [-0.39, 0.29) is 18.2 Å². The molecule has 6 nitrogen and oxygen atoms in total. The summed E-state index contributed by atoms with van der Waals surface area (Å²) in [6.45, 7) is 0.794. The second-order valence-corrected chi connectivity index (χ2v) is 5.83. The molecule has 0 unspecified atom stereocenters. The van der Waals surface area contributed by atoms with Crippen LogP contribution in [0.1, 0.15) is 11.4 Å². The maximum Gasteiger partial charge on any atom is 0.573 e. The van der Waals surface area contributed by atoms with Crippen LogP contribution in [0.3, 0.4) is 0 Å². The van der Waals surface area contributed by atoms with Gasteiger partial charge in [-0.3, -0.25) is 0 Å². The number of imidazole rings is 1. The van der Waals surface area contributed by atoms with Gasteiger partial charge in [0.05, 0.1) is 5.69 Å². The van der Waals surface area contributed by atoms with Gasteiger partial charge in [0.15, 0.2) is 11.7 Å². The summed E-state index contributed by atoms with van der Waals surface area (Å²) in [5, 5.41) is 2.63. The summed E-state index contributed by atoms with van der Waals surface area (Å²) in [5.74, 6) is 0.236. The van der Waals surface area contributed by atoms with Crippen LogP contribution in [0.15, 0.2) is 72.0 Å². The number of nitrogens with two attached hydrogens (primary N) is 1. The van der Waals surface area contributed by atoms with Crippen LogP contribution in [0.4, 0.5) is 18.9 Å². The van der Waals surface area contributed by atoms with Crippen molar-refractivity contribution in [1.29, 1.82) is 0 Å². The Balaban J connectivity index is 1.67. The summed E-state index contributed by atoms with van der Waals surface area (Å²) < 4.78 is 43.4. The number of guanidine groups is 1. The molecule has 0 saturated carbocycles. The van der Waals surface area contributed by atoms with Crippen molar-refractivity contribution in [3.8, 4) is 5.75 Å². The fraction of sp³-hybridized carbons (Fsp3) is 0.158. The van der Waals surface area contributed by atoms with Gasteiger partial charge in [0.1, 0.15) is 12.4 Å². The molecule has 1 aromatic heterocycles. The Morgan fingerprint density at radius 1 is 1.11 bits per heavy atom. The third kappa shape index (κ3) is 5.50. The number of hydrogen-bond acceptors (Lipinski definition) is 3. The molecular formula is C19H18F3N5O. The van der Waals surface area contributed by atoms with Crippen molar-refractivity contribution in [1.82, 2.24) is 9.55 Å². The second-order valence-electron chi connectivity index (χ2n) is 5.83. The predicted octanol–water partition coefficient (Wildman–Crippen LogP) is 3.76. The summed E-state index contributed by atoms with van der Waals surface area (Å²) in [6.07, 6.45) is -1.32. The molecule has 28 heavy (non-hydrogen) atoms. The van der Waals surface area contributed by atoms with Crippen LogP contribution < -0.4 is 15.8 Å². The van der Waals surface area contributed by atoms with Gasteiger partial charge in [0.25, 0.3) is 0 Å². The lowest BCUT2D eigenvalue weighted by molar-refractivity contribution is -0.274. The Morgan fingerprint density at radius 2 is 1.82 bits per heavy atom. The number of aromatic nitrogens is 2. The topological polar surface area (TPSA) is 77.5 Å². The van der Waals surface area contributed by atoms with Gasteiger partial charge in [-0.15, -0.1) is 13.2 Å². The second kappa shape index (κ2) is 8.47. The van der Waals surface area contributed by atoms with Crippen molar-refractivity contribution in [2.45, 2.75) is 19.5 Å². The number of ether oxygens (including phenoxy) is 1. The number of anilines is 1.